The normalized spacial score (nSPS) is 17.2. The van der Waals surface area contributed by atoms with Crippen molar-refractivity contribution in [3.63, 3.8) is 0 Å². The fraction of sp³-hybridized carbons (Fsp3) is 0.0833. The van der Waals surface area contributed by atoms with Crippen molar-refractivity contribution in [2.45, 2.75) is 16.0 Å². The molecule has 0 fully saturated rings. The van der Waals surface area contributed by atoms with Crippen LogP contribution in [0.5, 0.6) is 0 Å². The first-order valence-corrected chi connectivity index (χ1v) is 7.10. The van der Waals surface area contributed by atoms with Gasteiger partial charge in [-0.3, -0.25) is 4.79 Å². The van der Waals surface area contributed by atoms with Crippen LogP contribution in [-0.4, -0.2) is 15.9 Å². The van der Waals surface area contributed by atoms with Crippen LogP contribution >= 0.6 is 27.7 Å². The fourth-order valence-electron chi connectivity index (χ4n) is 1.82. The van der Waals surface area contributed by atoms with Crippen molar-refractivity contribution in [1.29, 1.82) is 0 Å². The number of rotatable bonds is 2. The number of nitrogens with zero attached hydrogens (tertiary/aromatic N) is 2. The quantitative estimate of drug-likeness (QED) is 0.822. The molecule has 2 heterocycles. The summed E-state index contributed by atoms with van der Waals surface area (Å²) in [6.45, 7) is 0. The largest absolute Gasteiger partial charge is 0.324 e. The zero-order chi connectivity index (χ0) is 13.4. The van der Waals surface area contributed by atoms with Crippen LogP contribution in [-0.2, 0) is 4.79 Å². The summed E-state index contributed by atoms with van der Waals surface area (Å²) >= 11 is 4.99. The van der Waals surface area contributed by atoms with Crippen molar-refractivity contribution in [1.82, 2.24) is 9.97 Å². The molecule has 1 aromatic carbocycles. The number of benzene rings is 1. The molecule has 19 heavy (non-hydrogen) atoms. The molecule has 1 aromatic heterocycles. The van der Waals surface area contributed by atoms with Gasteiger partial charge < -0.3 is 11.1 Å². The van der Waals surface area contributed by atoms with Gasteiger partial charge in [-0.05, 0) is 34.1 Å². The summed E-state index contributed by atoms with van der Waals surface area (Å²) < 4.78 is 0.891. The number of amides is 1. The Morgan fingerprint density at radius 2 is 2.26 bits per heavy atom. The molecule has 2 aromatic rings. The van der Waals surface area contributed by atoms with Crippen LogP contribution in [0.3, 0.4) is 0 Å². The van der Waals surface area contributed by atoms with Gasteiger partial charge in [0.25, 0.3) is 0 Å². The lowest BCUT2D eigenvalue weighted by molar-refractivity contribution is -0.116. The fourth-order valence-corrected chi connectivity index (χ4v) is 3.21. The highest BCUT2D eigenvalue weighted by atomic mass is 79.9. The Kier molecular flexibility index (Phi) is 3.26. The van der Waals surface area contributed by atoms with Crippen LogP contribution in [0.15, 0.2) is 45.1 Å². The van der Waals surface area contributed by atoms with Gasteiger partial charge in [-0.15, -0.1) is 0 Å². The van der Waals surface area contributed by atoms with Crippen molar-refractivity contribution in [3.8, 4) is 0 Å². The molecule has 7 heteroatoms. The molecule has 5 nitrogen and oxygen atoms in total. The first-order valence-electron chi connectivity index (χ1n) is 5.49. The lowest BCUT2D eigenvalue weighted by atomic mass is 10.1. The molecule has 0 aliphatic carbocycles. The van der Waals surface area contributed by atoms with Gasteiger partial charge in [0.05, 0.1) is 0 Å². The van der Waals surface area contributed by atoms with E-state index in [1.54, 1.807) is 6.20 Å². The molecule has 0 spiro atoms. The number of nitrogens with one attached hydrogen (secondary N) is 1. The number of hydrogen-bond acceptors (Lipinski definition) is 5. The van der Waals surface area contributed by atoms with E-state index in [1.807, 2.05) is 18.2 Å². The maximum Gasteiger partial charge on any atom is 0.245 e. The predicted molar refractivity (Wildman–Crippen MR) is 75.9 cm³/mol. The maximum atomic E-state index is 11.5. The van der Waals surface area contributed by atoms with Crippen molar-refractivity contribution in [3.05, 3.63) is 40.8 Å². The Labute approximate surface area is 122 Å². The summed E-state index contributed by atoms with van der Waals surface area (Å²) in [7, 11) is 0. The first kappa shape index (κ1) is 12.6. The molecule has 0 saturated heterocycles. The van der Waals surface area contributed by atoms with Crippen molar-refractivity contribution >= 4 is 39.3 Å². The van der Waals surface area contributed by atoms with Crippen molar-refractivity contribution < 1.29 is 4.79 Å². The van der Waals surface area contributed by atoms with E-state index in [0.717, 1.165) is 25.6 Å². The van der Waals surface area contributed by atoms with Gasteiger partial charge in [-0.2, -0.15) is 0 Å². The lowest BCUT2D eigenvalue weighted by Gasteiger charge is -2.07. The van der Waals surface area contributed by atoms with E-state index in [9.17, 15) is 4.79 Å². The summed E-state index contributed by atoms with van der Waals surface area (Å²) in [6, 6.07) is 5.01. The van der Waals surface area contributed by atoms with Gasteiger partial charge >= 0.3 is 0 Å². The second-order valence-corrected chi connectivity index (χ2v) is 5.90. The average Bonchev–Trinajstić information content (AvgIpc) is 2.67. The maximum absolute atomic E-state index is 11.5. The highest BCUT2D eigenvalue weighted by Crippen LogP contribution is 2.40. The molecular weight excluding hydrogens is 328 g/mol. The SMILES string of the molecule is NC1C(=O)Nc2cc(Sc3ccncn3)c(Br)cc21. The number of carbonyl (C=O) groups is 1. The minimum atomic E-state index is -0.593. The number of anilines is 1. The molecule has 3 rings (SSSR count). The Balaban J connectivity index is 1.97. The molecule has 1 unspecified atom stereocenters. The molecule has 0 saturated carbocycles. The first-order chi connectivity index (χ1) is 9.15. The van der Waals surface area contributed by atoms with Gasteiger partial charge in [-0.1, -0.05) is 11.8 Å². The molecule has 1 amide bonds. The van der Waals surface area contributed by atoms with E-state index in [0.29, 0.717) is 0 Å². The summed E-state index contributed by atoms with van der Waals surface area (Å²) in [5, 5.41) is 3.61. The standard InChI is InChI=1S/C12H9BrN4OS/c13-7-3-6-8(17-12(18)11(6)14)4-9(7)19-10-1-2-15-5-16-10/h1-5,11H,14H2,(H,17,18). The van der Waals surface area contributed by atoms with Gasteiger partial charge in [-0.25, -0.2) is 9.97 Å². The minimum absolute atomic E-state index is 0.175. The molecule has 3 N–H and O–H groups in total. The van der Waals surface area contributed by atoms with E-state index >= 15 is 0 Å². The average molecular weight is 337 g/mol. The van der Waals surface area contributed by atoms with E-state index in [2.05, 4.69) is 31.2 Å². The predicted octanol–water partition coefficient (Wildman–Crippen LogP) is 2.34. The van der Waals surface area contributed by atoms with Gasteiger partial charge in [0, 0.05) is 26.8 Å². The third-order valence-corrected chi connectivity index (χ3v) is 4.68. The highest BCUT2D eigenvalue weighted by Gasteiger charge is 2.28. The topological polar surface area (TPSA) is 80.9 Å². The smallest absolute Gasteiger partial charge is 0.245 e. The third kappa shape index (κ3) is 2.36. The second-order valence-electron chi connectivity index (χ2n) is 3.99. The number of hydrogen-bond donors (Lipinski definition) is 2. The van der Waals surface area contributed by atoms with Gasteiger partial charge in [0.15, 0.2) is 0 Å². The molecule has 1 atom stereocenters. The van der Waals surface area contributed by atoms with Gasteiger partial charge in [0.1, 0.15) is 17.4 Å². The number of halogens is 1. The summed E-state index contributed by atoms with van der Waals surface area (Å²) in [4.78, 5) is 20.5. The number of aromatic nitrogens is 2. The zero-order valence-corrected chi connectivity index (χ0v) is 12.0. The van der Waals surface area contributed by atoms with E-state index in [-0.39, 0.29) is 5.91 Å². The van der Waals surface area contributed by atoms with Crippen LogP contribution in [0.4, 0.5) is 5.69 Å². The van der Waals surface area contributed by atoms with Gasteiger partial charge in [0.2, 0.25) is 5.91 Å². The zero-order valence-electron chi connectivity index (χ0n) is 9.63. The Bertz CT molecular complexity index is 650. The number of carbonyl (C=O) groups excluding carboxylic acids is 1. The van der Waals surface area contributed by atoms with Crippen LogP contribution in [0.25, 0.3) is 0 Å². The molecule has 1 aliphatic heterocycles. The van der Waals surface area contributed by atoms with Crippen molar-refractivity contribution in [2.24, 2.45) is 5.73 Å². The monoisotopic (exact) mass is 336 g/mol. The molecule has 0 bridgehead atoms. The number of fused-ring (bicyclic) bond motifs is 1. The van der Waals surface area contributed by atoms with Crippen LogP contribution in [0, 0.1) is 0 Å². The van der Waals surface area contributed by atoms with Crippen molar-refractivity contribution in [2.75, 3.05) is 5.32 Å². The molecular formula is C12H9BrN4OS. The Morgan fingerprint density at radius 1 is 1.42 bits per heavy atom. The minimum Gasteiger partial charge on any atom is -0.324 e. The Morgan fingerprint density at radius 3 is 3.00 bits per heavy atom. The highest BCUT2D eigenvalue weighted by molar-refractivity contribution is 9.10. The van der Waals surface area contributed by atoms with Crippen LogP contribution in [0.2, 0.25) is 0 Å². The van der Waals surface area contributed by atoms with E-state index in [1.165, 1.54) is 18.1 Å². The number of nitrogens with two attached hydrogens (primary N) is 1. The Hall–Kier alpha value is -1.44. The summed E-state index contributed by atoms with van der Waals surface area (Å²) in [5.41, 5.74) is 7.37. The van der Waals surface area contributed by atoms with E-state index < -0.39 is 6.04 Å². The summed E-state index contributed by atoms with van der Waals surface area (Å²) in [6.07, 6.45) is 3.19. The second kappa shape index (κ2) is 4.92. The molecule has 96 valence electrons. The molecule has 1 aliphatic rings. The lowest BCUT2D eigenvalue weighted by Crippen LogP contribution is -2.19. The summed E-state index contributed by atoms with van der Waals surface area (Å²) in [5.74, 6) is -0.175. The van der Waals surface area contributed by atoms with Crippen LogP contribution in [0.1, 0.15) is 11.6 Å². The van der Waals surface area contributed by atoms with Crippen LogP contribution < -0.4 is 11.1 Å². The molecule has 0 radical (unpaired) electrons. The third-order valence-electron chi connectivity index (χ3n) is 2.75. The van der Waals surface area contributed by atoms with E-state index in [4.69, 9.17) is 5.73 Å².